The van der Waals surface area contributed by atoms with Crippen LogP contribution >= 0.6 is 11.6 Å². The third-order valence-corrected chi connectivity index (χ3v) is 9.20. The highest BCUT2D eigenvalue weighted by atomic mass is 35.5. The van der Waals surface area contributed by atoms with Crippen LogP contribution in [0.1, 0.15) is 52.4 Å². The second-order valence-corrected chi connectivity index (χ2v) is 11.7. The number of unbranched alkanes of at least 4 members (excludes halogenated alkanes) is 3. The zero-order valence-corrected chi connectivity index (χ0v) is 24.3. The second kappa shape index (κ2) is 12.5. The molecule has 4 rings (SSSR count). The highest BCUT2D eigenvalue weighted by molar-refractivity contribution is 6.34. The molecule has 0 aliphatic carbocycles. The minimum atomic E-state index is -1.19. The molecule has 3 unspecified atom stereocenters. The normalized spacial score (nSPS) is 30.3. The first-order valence-corrected chi connectivity index (χ1v) is 14.6. The van der Waals surface area contributed by atoms with Gasteiger partial charge >= 0.3 is 5.97 Å². The first-order valence-electron chi connectivity index (χ1n) is 14.2. The summed E-state index contributed by atoms with van der Waals surface area (Å²) in [5, 5.41) is 9.81. The van der Waals surface area contributed by atoms with Crippen LogP contribution in [0.4, 0.5) is 5.69 Å². The molecule has 2 amide bonds. The van der Waals surface area contributed by atoms with Crippen molar-refractivity contribution in [3.63, 3.8) is 0 Å². The van der Waals surface area contributed by atoms with Crippen LogP contribution < -0.4 is 4.90 Å². The minimum absolute atomic E-state index is 0.0240. The molecule has 8 nitrogen and oxygen atoms in total. The Kier molecular flexibility index (Phi) is 9.43. The maximum atomic E-state index is 14.5. The SMILES string of the molecule is C=CCCCCOC(=O)[C@@H]1[C@H]2C(=O)N(CCCCO)C(C(=O)N(CC=C)c3ccccc3Cl)C23CC(C)[C@@]1(C)O3. The molecule has 0 radical (unpaired) electrons. The average Bonchev–Trinajstić information content (AvgIpc) is 3.44. The van der Waals surface area contributed by atoms with Crippen LogP contribution in [-0.4, -0.2) is 71.3 Å². The molecule has 9 heteroatoms. The van der Waals surface area contributed by atoms with Crippen molar-refractivity contribution in [3.05, 3.63) is 54.6 Å². The van der Waals surface area contributed by atoms with E-state index in [0.717, 1.165) is 12.8 Å². The first-order chi connectivity index (χ1) is 19.2. The highest BCUT2D eigenvalue weighted by Gasteiger charge is 2.80. The number of carbonyl (C=O) groups excluding carboxylic acids is 3. The van der Waals surface area contributed by atoms with Crippen LogP contribution in [0, 0.1) is 17.8 Å². The van der Waals surface area contributed by atoms with E-state index in [-0.39, 0.29) is 44.0 Å². The molecule has 3 aliphatic rings. The Bertz CT molecular complexity index is 1140. The third-order valence-electron chi connectivity index (χ3n) is 8.88. The van der Waals surface area contributed by atoms with Gasteiger partial charge in [-0.1, -0.05) is 42.8 Å². The summed E-state index contributed by atoms with van der Waals surface area (Å²) in [4.78, 5) is 45.4. The summed E-state index contributed by atoms with van der Waals surface area (Å²) in [5.41, 5.74) is -1.62. The maximum absolute atomic E-state index is 14.5. The topological polar surface area (TPSA) is 96.4 Å². The number of aliphatic hydroxyl groups is 1. The Labute approximate surface area is 241 Å². The average molecular weight is 573 g/mol. The van der Waals surface area contributed by atoms with Gasteiger partial charge in [-0.15, -0.1) is 13.2 Å². The molecule has 3 aliphatic heterocycles. The van der Waals surface area contributed by atoms with Gasteiger partial charge in [0.05, 0.1) is 28.8 Å². The van der Waals surface area contributed by atoms with E-state index in [1.54, 1.807) is 40.1 Å². The number of nitrogens with zero attached hydrogens (tertiary/aromatic N) is 2. The number of ether oxygens (including phenoxy) is 2. The molecule has 1 spiro atoms. The molecule has 0 aromatic heterocycles. The monoisotopic (exact) mass is 572 g/mol. The summed E-state index contributed by atoms with van der Waals surface area (Å²) in [7, 11) is 0. The standard InChI is InChI=1S/C31H41ClN2O6/c1-5-7-8-13-19-39-29(38)25-24-27(36)34(17-11-12-18-35)26(31(24)20-21(3)30(25,4)40-31)28(37)33(16-6-2)23-15-10-9-14-22(23)32/h5-6,9-10,14-15,21,24-26,35H,1-2,7-8,11-13,16-20H2,3-4H3/t21?,24-,25-,26?,30+,31?/m0/s1. The Morgan fingerprint density at radius 3 is 2.65 bits per heavy atom. The van der Waals surface area contributed by atoms with Crippen molar-refractivity contribution >= 4 is 35.1 Å². The Morgan fingerprint density at radius 2 is 1.98 bits per heavy atom. The van der Waals surface area contributed by atoms with E-state index < -0.39 is 35.0 Å². The lowest BCUT2D eigenvalue weighted by Crippen LogP contribution is -2.57. The number of hydrogen-bond donors (Lipinski definition) is 1. The molecular weight excluding hydrogens is 532 g/mol. The highest BCUT2D eigenvalue weighted by Crippen LogP contribution is 2.65. The van der Waals surface area contributed by atoms with Crippen molar-refractivity contribution in [2.24, 2.45) is 17.8 Å². The lowest BCUT2D eigenvalue weighted by Gasteiger charge is -2.37. The molecular formula is C31H41ClN2O6. The van der Waals surface area contributed by atoms with E-state index >= 15 is 0 Å². The van der Waals surface area contributed by atoms with Crippen LogP contribution in [0.3, 0.4) is 0 Å². The zero-order valence-electron chi connectivity index (χ0n) is 23.5. The lowest BCUT2D eigenvalue weighted by molar-refractivity contribution is -0.161. The summed E-state index contributed by atoms with van der Waals surface area (Å²) in [5.74, 6) is -2.81. The van der Waals surface area contributed by atoms with Crippen molar-refractivity contribution in [2.45, 2.75) is 69.6 Å². The van der Waals surface area contributed by atoms with Gasteiger partial charge in [-0.25, -0.2) is 0 Å². The van der Waals surface area contributed by atoms with Crippen molar-refractivity contribution in [1.82, 2.24) is 4.90 Å². The number of carbonyl (C=O) groups is 3. The number of hydrogen-bond acceptors (Lipinski definition) is 6. The Morgan fingerprint density at radius 1 is 1.23 bits per heavy atom. The molecule has 3 fully saturated rings. The summed E-state index contributed by atoms with van der Waals surface area (Å²) in [6.45, 7) is 12.1. The molecule has 1 aromatic rings. The smallest absolute Gasteiger partial charge is 0.312 e. The van der Waals surface area contributed by atoms with Gasteiger partial charge in [0.2, 0.25) is 5.91 Å². The molecule has 40 heavy (non-hydrogen) atoms. The van der Waals surface area contributed by atoms with Crippen LogP contribution in [0.25, 0.3) is 0 Å². The predicted molar refractivity (Wildman–Crippen MR) is 154 cm³/mol. The number of esters is 1. The largest absolute Gasteiger partial charge is 0.465 e. The van der Waals surface area contributed by atoms with E-state index in [1.165, 1.54) is 0 Å². The number of benzene rings is 1. The number of para-hydroxylation sites is 1. The third kappa shape index (κ3) is 5.10. The van der Waals surface area contributed by atoms with Crippen molar-refractivity contribution in [3.8, 4) is 0 Å². The number of anilines is 1. The molecule has 1 N–H and O–H groups in total. The molecule has 218 valence electrons. The fraction of sp³-hybridized carbons (Fsp3) is 0.581. The maximum Gasteiger partial charge on any atom is 0.312 e. The number of fused-ring (bicyclic) bond motifs is 1. The molecule has 3 saturated heterocycles. The van der Waals surface area contributed by atoms with Gasteiger partial charge in [0.1, 0.15) is 17.6 Å². The Balaban J connectivity index is 1.73. The van der Waals surface area contributed by atoms with Gasteiger partial charge < -0.3 is 24.4 Å². The number of aliphatic hydroxyl groups excluding tert-OH is 1. The summed E-state index contributed by atoms with van der Waals surface area (Å²) in [6, 6.07) is 6.09. The van der Waals surface area contributed by atoms with Gasteiger partial charge in [-0.2, -0.15) is 0 Å². The fourth-order valence-electron chi connectivity index (χ4n) is 6.92. The van der Waals surface area contributed by atoms with Gasteiger partial charge in [-0.05, 0) is 63.5 Å². The van der Waals surface area contributed by atoms with Crippen molar-refractivity contribution in [2.75, 3.05) is 31.2 Å². The number of halogens is 1. The van der Waals surface area contributed by atoms with Crippen LogP contribution in [0.15, 0.2) is 49.6 Å². The van der Waals surface area contributed by atoms with E-state index in [9.17, 15) is 19.5 Å². The van der Waals surface area contributed by atoms with E-state index in [4.69, 9.17) is 21.1 Å². The van der Waals surface area contributed by atoms with Gasteiger partial charge in [-0.3, -0.25) is 14.4 Å². The first kappa shape index (κ1) is 30.3. The van der Waals surface area contributed by atoms with Crippen molar-refractivity contribution < 1.29 is 29.0 Å². The number of amides is 2. The van der Waals surface area contributed by atoms with E-state index in [0.29, 0.717) is 36.4 Å². The van der Waals surface area contributed by atoms with Crippen molar-refractivity contribution in [1.29, 1.82) is 0 Å². The Hall–Kier alpha value is -2.68. The molecule has 1 aromatic carbocycles. The number of likely N-dealkylation sites (tertiary alicyclic amines) is 1. The zero-order chi connectivity index (χ0) is 29.1. The second-order valence-electron chi connectivity index (χ2n) is 11.3. The summed E-state index contributed by atoms with van der Waals surface area (Å²) < 4.78 is 12.5. The van der Waals surface area contributed by atoms with E-state index in [2.05, 4.69) is 13.2 Å². The van der Waals surface area contributed by atoms with Gasteiger partial charge in [0.15, 0.2) is 0 Å². The van der Waals surface area contributed by atoms with Gasteiger partial charge in [0, 0.05) is 19.7 Å². The van der Waals surface area contributed by atoms with Crippen LogP contribution in [0.2, 0.25) is 5.02 Å². The molecule has 2 bridgehead atoms. The molecule has 0 saturated carbocycles. The van der Waals surface area contributed by atoms with Gasteiger partial charge in [0.25, 0.3) is 5.91 Å². The fourth-order valence-corrected chi connectivity index (χ4v) is 7.16. The number of allylic oxidation sites excluding steroid dienone is 1. The molecule has 3 heterocycles. The van der Waals surface area contributed by atoms with E-state index in [1.807, 2.05) is 19.9 Å². The lowest BCUT2D eigenvalue weighted by atomic mass is 9.62. The van der Waals surface area contributed by atoms with Crippen LogP contribution in [0.5, 0.6) is 0 Å². The summed E-state index contributed by atoms with van der Waals surface area (Å²) in [6.07, 6.45) is 7.28. The minimum Gasteiger partial charge on any atom is -0.465 e. The predicted octanol–water partition coefficient (Wildman–Crippen LogP) is 4.54. The quantitative estimate of drug-likeness (QED) is 0.200. The molecule has 6 atom stereocenters. The summed E-state index contributed by atoms with van der Waals surface area (Å²) >= 11 is 6.52. The van der Waals surface area contributed by atoms with Crippen LogP contribution in [-0.2, 0) is 23.9 Å². The number of rotatable bonds is 14.